The van der Waals surface area contributed by atoms with Gasteiger partial charge in [0.15, 0.2) is 0 Å². The molecule has 4 aliphatic rings. The van der Waals surface area contributed by atoms with E-state index in [1.807, 2.05) is 0 Å². The second-order valence-corrected chi connectivity index (χ2v) is 8.93. The zero-order valence-corrected chi connectivity index (χ0v) is 13.4. The Morgan fingerprint density at radius 2 is 1.71 bits per heavy atom. The quantitative estimate of drug-likeness (QED) is 0.837. The lowest BCUT2D eigenvalue weighted by molar-refractivity contribution is -0.157. The first-order chi connectivity index (χ1) is 9.63. The predicted octanol–water partition coefficient (Wildman–Crippen LogP) is 2.96. The smallest absolute Gasteiger partial charge is 0.325 e. The van der Waals surface area contributed by atoms with Crippen molar-refractivity contribution in [3.63, 3.8) is 0 Å². The predicted molar refractivity (Wildman–Crippen MR) is 79.7 cm³/mol. The van der Waals surface area contributed by atoms with E-state index >= 15 is 0 Å². The van der Waals surface area contributed by atoms with Gasteiger partial charge in [0.05, 0.1) is 0 Å². The van der Waals surface area contributed by atoms with Crippen molar-refractivity contribution >= 4 is 11.9 Å². The van der Waals surface area contributed by atoms with E-state index < -0.39 is 12.0 Å². The number of carbonyl (C=O) groups excluding carboxylic acids is 1. The van der Waals surface area contributed by atoms with Crippen LogP contribution in [0.2, 0.25) is 0 Å². The molecule has 0 heterocycles. The molecular weight excluding hydrogens is 266 g/mol. The van der Waals surface area contributed by atoms with Crippen molar-refractivity contribution < 1.29 is 14.7 Å². The Kier molecular flexibility index (Phi) is 3.16. The molecule has 4 fully saturated rings. The number of nitrogens with one attached hydrogen (secondary N) is 1. The lowest BCUT2D eigenvalue weighted by Gasteiger charge is -2.65. The molecular formula is C17H27NO3. The van der Waals surface area contributed by atoms with Gasteiger partial charge in [-0.15, -0.1) is 0 Å². The van der Waals surface area contributed by atoms with E-state index in [9.17, 15) is 9.59 Å². The van der Waals surface area contributed by atoms with Crippen LogP contribution in [0.5, 0.6) is 0 Å². The zero-order chi connectivity index (χ0) is 15.5. The second kappa shape index (κ2) is 4.47. The molecule has 21 heavy (non-hydrogen) atoms. The number of carboxylic acid groups (broad SMARTS) is 1. The van der Waals surface area contributed by atoms with Crippen LogP contribution in [0.3, 0.4) is 0 Å². The number of hydrogen-bond acceptors (Lipinski definition) is 2. The third-order valence-corrected chi connectivity index (χ3v) is 6.03. The molecule has 4 rings (SSSR count). The van der Waals surface area contributed by atoms with E-state index in [-0.39, 0.29) is 11.3 Å². The molecule has 4 aliphatic carbocycles. The Balaban J connectivity index is 1.73. The summed E-state index contributed by atoms with van der Waals surface area (Å²) >= 11 is 0. The van der Waals surface area contributed by atoms with Gasteiger partial charge in [0.2, 0.25) is 5.91 Å². The highest BCUT2D eigenvalue weighted by atomic mass is 16.4. The van der Waals surface area contributed by atoms with Gasteiger partial charge in [0, 0.05) is 6.42 Å². The lowest BCUT2D eigenvalue weighted by Crippen LogP contribution is -2.56. The molecule has 4 saturated carbocycles. The van der Waals surface area contributed by atoms with Crippen molar-refractivity contribution in [3.8, 4) is 0 Å². The number of carbonyl (C=O) groups is 2. The summed E-state index contributed by atoms with van der Waals surface area (Å²) in [4.78, 5) is 23.2. The van der Waals surface area contributed by atoms with E-state index in [4.69, 9.17) is 5.11 Å². The Morgan fingerprint density at radius 1 is 1.14 bits per heavy atom. The monoisotopic (exact) mass is 293 g/mol. The molecule has 4 bridgehead atoms. The molecule has 2 unspecified atom stereocenters. The summed E-state index contributed by atoms with van der Waals surface area (Å²) in [6.07, 6.45) is 7.88. The number of rotatable bonds is 4. The maximum absolute atomic E-state index is 12.3. The summed E-state index contributed by atoms with van der Waals surface area (Å²) in [6.45, 7) is 6.31. The first-order valence-electron chi connectivity index (χ1n) is 8.15. The first-order valence-corrected chi connectivity index (χ1v) is 8.15. The molecule has 0 radical (unpaired) electrons. The van der Waals surface area contributed by atoms with Gasteiger partial charge in [-0.25, -0.2) is 0 Å². The highest BCUT2D eigenvalue weighted by molar-refractivity contribution is 5.83. The van der Waals surface area contributed by atoms with Gasteiger partial charge in [0.25, 0.3) is 0 Å². The standard InChI is InChI=1S/C17H27NO3/c1-11(14(20)21)18-13(19)7-17-6-12-4-15(2,9-17)8-16(3,5-12)10-17/h11-12H,4-10H2,1-3H3,(H,18,19)(H,20,21)/t11-,12?,15?,16?,17?/m1/s1. The van der Waals surface area contributed by atoms with Gasteiger partial charge in [-0.3, -0.25) is 9.59 Å². The van der Waals surface area contributed by atoms with E-state index in [1.54, 1.807) is 0 Å². The van der Waals surface area contributed by atoms with Crippen LogP contribution in [0.4, 0.5) is 0 Å². The summed E-state index contributed by atoms with van der Waals surface area (Å²) in [6, 6.07) is -0.794. The third-order valence-electron chi connectivity index (χ3n) is 6.03. The minimum absolute atomic E-state index is 0.0842. The summed E-state index contributed by atoms with van der Waals surface area (Å²) in [5.41, 5.74) is 0.908. The number of amides is 1. The van der Waals surface area contributed by atoms with Crippen LogP contribution in [0, 0.1) is 22.2 Å². The van der Waals surface area contributed by atoms with E-state index in [2.05, 4.69) is 19.2 Å². The molecule has 118 valence electrons. The van der Waals surface area contributed by atoms with Crippen LogP contribution in [0.15, 0.2) is 0 Å². The lowest BCUT2D eigenvalue weighted by atomic mass is 9.40. The average Bonchev–Trinajstić information content (AvgIpc) is 2.21. The van der Waals surface area contributed by atoms with Gasteiger partial charge < -0.3 is 10.4 Å². The maximum atomic E-state index is 12.3. The molecule has 0 aromatic rings. The molecule has 4 nitrogen and oxygen atoms in total. The van der Waals surface area contributed by atoms with E-state index in [1.165, 1.54) is 26.2 Å². The fraction of sp³-hybridized carbons (Fsp3) is 0.882. The number of hydrogen-bond donors (Lipinski definition) is 2. The van der Waals surface area contributed by atoms with Crippen molar-refractivity contribution in [2.45, 2.75) is 71.8 Å². The van der Waals surface area contributed by atoms with Crippen LogP contribution in [-0.2, 0) is 9.59 Å². The van der Waals surface area contributed by atoms with Crippen molar-refractivity contribution in [3.05, 3.63) is 0 Å². The van der Waals surface area contributed by atoms with Gasteiger partial charge >= 0.3 is 5.97 Å². The largest absolute Gasteiger partial charge is 0.480 e. The second-order valence-electron chi connectivity index (χ2n) is 8.93. The minimum Gasteiger partial charge on any atom is -0.480 e. The van der Waals surface area contributed by atoms with Crippen molar-refractivity contribution in [2.24, 2.45) is 22.2 Å². The molecule has 0 spiro atoms. The summed E-state index contributed by atoms with van der Waals surface area (Å²) in [5.74, 6) is -0.284. The fourth-order valence-electron chi connectivity index (χ4n) is 6.58. The zero-order valence-electron chi connectivity index (χ0n) is 13.4. The van der Waals surface area contributed by atoms with Gasteiger partial charge in [0.1, 0.15) is 6.04 Å². The number of carboxylic acids is 1. The Morgan fingerprint density at radius 3 is 2.19 bits per heavy atom. The SMILES string of the molecule is C[C@@H](NC(=O)CC12CC3CC(C)(CC(C)(C3)C1)C2)C(=O)O. The van der Waals surface area contributed by atoms with Gasteiger partial charge in [-0.2, -0.15) is 0 Å². The maximum Gasteiger partial charge on any atom is 0.325 e. The third kappa shape index (κ3) is 2.69. The molecule has 4 heteroatoms. The normalized spacial score (nSPS) is 45.4. The van der Waals surface area contributed by atoms with E-state index in [0.29, 0.717) is 17.3 Å². The van der Waals surface area contributed by atoms with Crippen molar-refractivity contribution in [1.82, 2.24) is 5.32 Å². The minimum atomic E-state index is -0.965. The van der Waals surface area contributed by atoms with Crippen LogP contribution in [0.25, 0.3) is 0 Å². The summed E-state index contributed by atoms with van der Waals surface area (Å²) < 4.78 is 0. The summed E-state index contributed by atoms with van der Waals surface area (Å²) in [5, 5.41) is 11.6. The van der Waals surface area contributed by atoms with E-state index in [0.717, 1.165) is 25.2 Å². The highest BCUT2D eigenvalue weighted by Gasteiger charge is 2.60. The highest BCUT2D eigenvalue weighted by Crippen LogP contribution is 2.70. The number of aliphatic carboxylic acids is 1. The Hall–Kier alpha value is -1.06. The molecule has 0 aromatic carbocycles. The Bertz CT molecular complexity index is 468. The van der Waals surface area contributed by atoms with Crippen LogP contribution >= 0.6 is 0 Å². The van der Waals surface area contributed by atoms with Crippen molar-refractivity contribution in [2.75, 3.05) is 0 Å². The average molecular weight is 293 g/mol. The Labute approximate surface area is 126 Å². The van der Waals surface area contributed by atoms with Crippen LogP contribution < -0.4 is 5.32 Å². The van der Waals surface area contributed by atoms with Crippen LogP contribution in [-0.4, -0.2) is 23.0 Å². The summed E-state index contributed by atoms with van der Waals surface area (Å²) in [7, 11) is 0. The molecule has 0 saturated heterocycles. The molecule has 0 aromatic heterocycles. The molecule has 3 atom stereocenters. The van der Waals surface area contributed by atoms with Crippen LogP contribution in [0.1, 0.15) is 65.7 Å². The molecule has 1 amide bonds. The topological polar surface area (TPSA) is 66.4 Å². The van der Waals surface area contributed by atoms with Crippen molar-refractivity contribution in [1.29, 1.82) is 0 Å². The van der Waals surface area contributed by atoms with Gasteiger partial charge in [-0.05, 0) is 67.6 Å². The first kappa shape index (κ1) is 14.9. The fourth-order valence-corrected chi connectivity index (χ4v) is 6.58. The molecule has 0 aliphatic heterocycles. The van der Waals surface area contributed by atoms with Gasteiger partial charge in [-0.1, -0.05) is 13.8 Å². The molecule has 2 N–H and O–H groups in total.